The standard InChI is InChI=1S/C15H16N4O3.Na/c1-19-8-16-13(18-19)9-2-4-12(5-3-9)17-14(20)10-6-11(7-10)15(21)22;/h2-5,8,10-11H,6-7H2,1H3,(H,17,20)(H,21,22);/q;+1/p-1. The Hall–Kier alpha value is -1.70. The van der Waals surface area contributed by atoms with Crippen LogP contribution in [0, 0.1) is 11.8 Å². The van der Waals surface area contributed by atoms with Gasteiger partial charge in [0.05, 0.1) is 0 Å². The molecular weight excluding hydrogens is 307 g/mol. The predicted molar refractivity (Wildman–Crippen MR) is 76.3 cm³/mol. The van der Waals surface area contributed by atoms with Crippen molar-refractivity contribution in [2.45, 2.75) is 12.8 Å². The van der Waals surface area contributed by atoms with Gasteiger partial charge in [-0.25, -0.2) is 4.98 Å². The van der Waals surface area contributed by atoms with Crippen LogP contribution in [0.15, 0.2) is 30.6 Å². The van der Waals surface area contributed by atoms with Gasteiger partial charge in [0.25, 0.3) is 0 Å². The zero-order valence-corrected chi connectivity index (χ0v) is 15.0. The topological polar surface area (TPSA) is 99.9 Å². The molecule has 8 heteroatoms. The van der Waals surface area contributed by atoms with Gasteiger partial charge in [0.15, 0.2) is 5.82 Å². The van der Waals surface area contributed by atoms with Crippen LogP contribution in [0.2, 0.25) is 0 Å². The molecule has 1 aliphatic rings. The van der Waals surface area contributed by atoms with Gasteiger partial charge in [-0.2, -0.15) is 5.10 Å². The van der Waals surface area contributed by atoms with Gasteiger partial charge in [-0.05, 0) is 37.1 Å². The van der Waals surface area contributed by atoms with Crippen molar-refractivity contribution in [1.29, 1.82) is 0 Å². The Morgan fingerprint density at radius 1 is 1.22 bits per heavy atom. The number of rotatable bonds is 4. The van der Waals surface area contributed by atoms with Crippen molar-refractivity contribution in [2.24, 2.45) is 18.9 Å². The van der Waals surface area contributed by atoms with Gasteiger partial charge in [0, 0.05) is 36.1 Å². The number of benzene rings is 1. The first-order valence-corrected chi connectivity index (χ1v) is 7.00. The SMILES string of the molecule is Cn1cnc(-c2ccc(NC(=O)C3CC(C(=O)[O-])C3)cc2)n1.[Na+]. The molecule has 1 saturated carbocycles. The van der Waals surface area contributed by atoms with Crippen molar-refractivity contribution in [2.75, 3.05) is 5.32 Å². The minimum Gasteiger partial charge on any atom is -0.550 e. The summed E-state index contributed by atoms with van der Waals surface area (Å²) >= 11 is 0. The number of carboxylic acids is 1. The molecular formula is C15H15N4NaO3. The first-order chi connectivity index (χ1) is 10.5. The molecule has 0 radical (unpaired) electrons. The largest absolute Gasteiger partial charge is 1.00 e. The van der Waals surface area contributed by atoms with Crippen LogP contribution in [-0.2, 0) is 16.6 Å². The third-order valence-electron chi connectivity index (χ3n) is 3.85. The summed E-state index contributed by atoms with van der Waals surface area (Å²) in [5, 5.41) is 17.6. The number of hydrogen-bond acceptors (Lipinski definition) is 5. The average Bonchev–Trinajstić information content (AvgIpc) is 2.84. The van der Waals surface area contributed by atoms with E-state index in [1.54, 1.807) is 30.2 Å². The maximum absolute atomic E-state index is 12.0. The Morgan fingerprint density at radius 2 is 1.87 bits per heavy atom. The molecule has 1 amide bonds. The second-order valence-corrected chi connectivity index (χ2v) is 5.49. The van der Waals surface area contributed by atoms with Gasteiger partial charge in [0.1, 0.15) is 6.33 Å². The van der Waals surface area contributed by atoms with Gasteiger partial charge < -0.3 is 15.2 Å². The van der Waals surface area contributed by atoms with Crippen LogP contribution in [0.3, 0.4) is 0 Å². The molecule has 1 aromatic heterocycles. The van der Waals surface area contributed by atoms with Crippen LogP contribution in [-0.4, -0.2) is 26.6 Å². The van der Waals surface area contributed by atoms with E-state index in [9.17, 15) is 14.7 Å². The number of aromatic nitrogens is 3. The Bertz CT molecular complexity index is 708. The predicted octanol–water partition coefficient (Wildman–Crippen LogP) is -2.80. The minimum absolute atomic E-state index is 0. The van der Waals surface area contributed by atoms with Crippen molar-refractivity contribution >= 4 is 17.6 Å². The van der Waals surface area contributed by atoms with Crippen molar-refractivity contribution < 1.29 is 44.3 Å². The van der Waals surface area contributed by atoms with Gasteiger partial charge in [-0.1, -0.05) is 0 Å². The fourth-order valence-electron chi connectivity index (χ4n) is 2.44. The fraction of sp³-hybridized carbons (Fsp3) is 0.333. The summed E-state index contributed by atoms with van der Waals surface area (Å²) in [6.07, 6.45) is 2.32. The zero-order valence-electron chi connectivity index (χ0n) is 13.0. The number of aliphatic carboxylic acids is 1. The molecule has 0 spiro atoms. The van der Waals surface area contributed by atoms with Crippen molar-refractivity contribution in [3.63, 3.8) is 0 Å². The number of carbonyl (C=O) groups excluding carboxylic acids is 2. The van der Waals surface area contributed by atoms with Crippen molar-refractivity contribution in [1.82, 2.24) is 14.8 Å². The van der Waals surface area contributed by atoms with Crippen LogP contribution in [0.4, 0.5) is 5.69 Å². The molecule has 1 heterocycles. The normalized spacial score (nSPS) is 19.3. The number of carboxylic acid groups (broad SMARTS) is 1. The zero-order chi connectivity index (χ0) is 15.7. The van der Waals surface area contributed by atoms with E-state index in [-0.39, 0.29) is 41.4 Å². The van der Waals surface area contributed by atoms with Crippen molar-refractivity contribution in [3.8, 4) is 11.4 Å². The summed E-state index contributed by atoms with van der Waals surface area (Å²) in [5.41, 5.74) is 1.53. The van der Waals surface area contributed by atoms with E-state index in [0.717, 1.165) is 5.56 Å². The number of nitrogens with one attached hydrogen (secondary N) is 1. The molecule has 1 aromatic carbocycles. The maximum Gasteiger partial charge on any atom is 1.00 e. The molecule has 7 nitrogen and oxygen atoms in total. The van der Waals surface area contributed by atoms with Crippen LogP contribution < -0.4 is 40.0 Å². The van der Waals surface area contributed by atoms with E-state index in [0.29, 0.717) is 24.4 Å². The Balaban J connectivity index is 0.00000192. The molecule has 0 saturated heterocycles. The molecule has 3 rings (SSSR count). The third-order valence-corrected chi connectivity index (χ3v) is 3.85. The van der Waals surface area contributed by atoms with E-state index < -0.39 is 11.9 Å². The second-order valence-electron chi connectivity index (χ2n) is 5.49. The summed E-state index contributed by atoms with van der Waals surface area (Å²) in [7, 11) is 1.80. The molecule has 23 heavy (non-hydrogen) atoms. The monoisotopic (exact) mass is 322 g/mol. The molecule has 2 aromatic rings. The van der Waals surface area contributed by atoms with E-state index in [1.807, 2.05) is 12.1 Å². The van der Waals surface area contributed by atoms with Crippen LogP contribution in [0.5, 0.6) is 0 Å². The van der Waals surface area contributed by atoms with Gasteiger partial charge in [0.2, 0.25) is 5.91 Å². The number of anilines is 1. The van der Waals surface area contributed by atoms with E-state index in [4.69, 9.17) is 0 Å². The molecule has 0 aliphatic heterocycles. The number of amides is 1. The molecule has 0 atom stereocenters. The molecule has 0 bridgehead atoms. The van der Waals surface area contributed by atoms with Crippen LogP contribution in [0.25, 0.3) is 11.4 Å². The summed E-state index contributed by atoms with van der Waals surface area (Å²) in [6.45, 7) is 0. The Labute approximate surface area is 155 Å². The average molecular weight is 322 g/mol. The number of aryl methyl sites for hydroxylation is 1. The first-order valence-electron chi connectivity index (χ1n) is 7.00. The maximum atomic E-state index is 12.0. The molecule has 114 valence electrons. The van der Waals surface area contributed by atoms with Gasteiger partial charge in [-0.3, -0.25) is 9.48 Å². The van der Waals surface area contributed by atoms with E-state index in [2.05, 4.69) is 15.4 Å². The van der Waals surface area contributed by atoms with Gasteiger partial charge in [-0.15, -0.1) is 0 Å². The smallest absolute Gasteiger partial charge is 0.550 e. The number of nitrogens with zero attached hydrogens (tertiary/aromatic N) is 3. The Morgan fingerprint density at radius 3 is 2.39 bits per heavy atom. The third kappa shape index (κ3) is 3.99. The van der Waals surface area contributed by atoms with Gasteiger partial charge >= 0.3 is 29.6 Å². The minimum atomic E-state index is -1.07. The number of hydrogen-bond donors (Lipinski definition) is 1. The second kappa shape index (κ2) is 7.25. The number of carbonyl (C=O) groups is 2. The van der Waals surface area contributed by atoms with Crippen molar-refractivity contribution in [3.05, 3.63) is 30.6 Å². The molecule has 1 fully saturated rings. The van der Waals surface area contributed by atoms with E-state index in [1.165, 1.54) is 0 Å². The summed E-state index contributed by atoms with van der Waals surface area (Å²) in [4.78, 5) is 26.7. The summed E-state index contributed by atoms with van der Waals surface area (Å²) in [5.74, 6) is -1.35. The quantitative estimate of drug-likeness (QED) is 0.613. The molecule has 1 N–H and O–H groups in total. The molecule has 1 aliphatic carbocycles. The summed E-state index contributed by atoms with van der Waals surface area (Å²) in [6, 6.07) is 7.21. The first kappa shape index (κ1) is 17.7. The molecule has 0 unspecified atom stereocenters. The van der Waals surface area contributed by atoms with Crippen LogP contribution in [0.1, 0.15) is 12.8 Å². The van der Waals surface area contributed by atoms with E-state index >= 15 is 0 Å². The Kier molecular flexibility index (Phi) is 5.56. The van der Waals surface area contributed by atoms with Crippen LogP contribution >= 0.6 is 0 Å². The summed E-state index contributed by atoms with van der Waals surface area (Å²) < 4.78 is 1.62. The fourth-order valence-corrected chi connectivity index (χ4v) is 2.44.